The van der Waals surface area contributed by atoms with E-state index in [1.165, 1.54) is 19.3 Å². The molecule has 0 saturated heterocycles. The average Bonchev–Trinajstić information content (AvgIpc) is 2.67. The first kappa shape index (κ1) is 17.0. The minimum Gasteiger partial charge on any atom is -0.504 e. The van der Waals surface area contributed by atoms with E-state index in [-0.39, 0.29) is 17.1 Å². The molecule has 0 saturated carbocycles. The highest BCUT2D eigenvalue weighted by Gasteiger charge is 2.12. The molecule has 0 atom stereocenters. The summed E-state index contributed by atoms with van der Waals surface area (Å²) in [5, 5.41) is 22.5. The predicted molar refractivity (Wildman–Crippen MR) is 98.6 cm³/mol. The number of nitrogens with zero attached hydrogens (tertiary/aromatic N) is 2. The lowest BCUT2D eigenvalue weighted by molar-refractivity contribution is -0.112. The topological polar surface area (TPSA) is 95.2 Å². The molecular formula is C20H15N3O3. The van der Waals surface area contributed by atoms with Crippen LogP contribution in [-0.4, -0.2) is 23.1 Å². The number of aromatic nitrogens is 1. The molecule has 1 heterocycles. The third kappa shape index (κ3) is 3.47. The summed E-state index contributed by atoms with van der Waals surface area (Å²) >= 11 is 0. The van der Waals surface area contributed by atoms with Crippen molar-refractivity contribution in [1.82, 2.24) is 4.98 Å². The quantitative estimate of drug-likeness (QED) is 0.557. The summed E-state index contributed by atoms with van der Waals surface area (Å²) in [6.07, 6.45) is 3.10. The zero-order valence-corrected chi connectivity index (χ0v) is 13.9. The molecular weight excluding hydrogens is 330 g/mol. The number of phenolic OH excluding ortho intramolecular Hbond substituents is 1. The molecule has 0 radical (unpaired) electrons. The molecule has 0 aliphatic heterocycles. The smallest absolute Gasteiger partial charge is 0.266 e. The Hall–Kier alpha value is -3.85. The second kappa shape index (κ2) is 7.36. The zero-order chi connectivity index (χ0) is 18.5. The fraction of sp³-hybridized carbons (Fsp3) is 0.0500. The third-order valence-electron chi connectivity index (χ3n) is 3.77. The van der Waals surface area contributed by atoms with Gasteiger partial charge in [0.25, 0.3) is 5.91 Å². The van der Waals surface area contributed by atoms with Crippen molar-refractivity contribution in [3.63, 3.8) is 0 Å². The number of fused-ring (bicyclic) bond motifs is 1. The van der Waals surface area contributed by atoms with E-state index in [0.717, 1.165) is 10.9 Å². The van der Waals surface area contributed by atoms with Gasteiger partial charge in [-0.3, -0.25) is 9.78 Å². The van der Waals surface area contributed by atoms with Gasteiger partial charge >= 0.3 is 0 Å². The van der Waals surface area contributed by atoms with E-state index >= 15 is 0 Å². The van der Waals surface area contributed by atoms with Crippen molar-refractivity contribution >= 4 is 28.6 Å². The number of nitrogens with one attached hydrogen (secondary N) is 1. The van der Waals surface area contributed by atoms with Gasteiger partial charge in [-0.1, -0.05) is 12.1 Å². The first-order valence-corrected chi connectivity index (χ1v) is 7.76. The van der Waals surface area contributed by atoms with Crippen LogP contribution < -0.4 is 10.1 Å². The minimum absolute atomic E-state index is 0.0177. The van der Waals surface area contributed by atoms with Crippen molar-refractivity contribution in [2.75, 3.05) is 12.4 Å². The highest BCUT2D eigenvalue weighted by atomic mass is 16.5. The van der Waals surface area contributed by atoms with E-state index in [9.17, 15) is 15.2 Å². The number of rotatable bonds is 4. The first-order valence-electron chi connectivity index (χ1n) is 7.76. The van der Waals surface area contributed by atoms with Gasteiger partial charge in [0.15, 0.2) is 11.5 Å². The molecule has 0 aliphatic rings. The van der Waals surface area contributed by atoms with Crippen molar-refractivity contribution in [2.24, 2.45) is 0 Å². The Morgan fingerprint density at radius 2 is 2.12 bits per heavy atom. The number of aromatic hydroxyl groups is 1. The molecule has 0 aliphatic carbocycles. The number of carbonyl (C=O) groups is 1. The van der Waals surface area contributed by atoms with E-state index in [0.29, 0.717) is 11.3 Å². The van der Waals surface area contributed by atoms with Crippen molar-refractivity contribution in [1.29, 1.82) is 5.26 Å². The van der Waals surface area contributed by atoms with Crippen LogP contribution in [0.5, 0.6) is 11.5 Å². The summed E-state index contributed by atoms with van der Waals surface area (Å²) in [7, 11) is 1.43. The van der Waals surface area contributed by atoms with Crippen molar-refractivity contribution in [2.45, 2.75) is 0 Å². The number of carbonyl (C=O) groups excluding carboxylic acids is 1. The normalized spacial score (nSPS) is 11.0. The van der Waals surface area contributed by atoms with Gasteiger partial charge in [-0.2, -0.15) is 5.26 Å². The lowest BCUT2D eigenvalue weighted by atomic mass is 10.1. The van der Waals surface area contributed by atoms with Gasteiger partial charge in [0.05, 0.1) is 18.3 Å². The minimum atomic E-state index is -0.532. The van der Waals surface area contributed by atoms with E-state index in [4.69, 9.17) is 4.74 Å². The van der Waals surface area contributed by atoms with Crippen LogP contribution in [0.2, 0.25) is 0 Å². The number of amides is 1. The van der Waals surface area contributed by atoms with Gasteiger partial charge < -0.3 is 15.2 Å². The number of ether oxygens (including phenoxy) is 1. The van der Waals surface area contributed by atoms with Gasteiger partial charge in [0.2, 0.25) is 0 Å². The maximum absolute atomic E-state index is 12.5. The Bertz CT molecular complexity index is 1050. The highest BCUT2D eigenvalue weighted by molar-refractivity contribution is 6.12. The summed E-state index contributed by atoms with van der Waals surface area (Å²) in [6, 6.07) is 15.5. The van der Waals surface area contributed by atoms with Crippen LogP contribution in [0.1, 0.15) is 5.56 Å². The van der Waals surface area contributed by atoms with Crippen LogP contribution in [0, 0.1) is 11.3 Å². The van der Waals surface area contributed by atoms with Gasteiger partial charge in [0, 0.05) is 11.6 Å². The summed E-state index contributed by atoms with van der Waals surface area (Å²) in [6.45, 7) is 0. The second-order valence-corrected chi connectivity index (χ2v) is 5.43. The van der Waals surface area contributed by atoms with Crippen LogP contribution >= 0.6 is 0 Å². The zero-order valence-electron chi connectivity index (χ0n) is 13.9. The number of anilines is 1. The SMILES string of the molecule is COc1cc(C=C(C#N)C(=O)Nc2cccc3ncccc23)ccc1O. The van der Waals surface area contributed by atoms with E-state index in [1.807, 2.05) is 18.2 Å². The number of benzene rings is 2. The lowest BCUT2D eigenvalue weighted by Gasteiger charge is -2.08. The van der Waals surface area contributed by atoms with Gasteiger partial charge in [-0.25, -0.2) is 0 Å². The number of pyridine rings is 1. The lowest BCUT2D eigenvalue weighted by Crippen LogP contribution is -2.13. The molecule has 2 N–H and O–H groups in total. The van der Waals surface area contributed by atoms with Crippen LogP contribution in [0.15, 0.2) is 60.3 Å². The number of methoxy groups -OCH3 is 1. The van der Waals surface area contributed by atoms with Crippen molar-refractivity contribution in [3.8, 4) is 17.6 Å². The molecule has 1 aromatic heterocycles. The monoisotopic (exact) mass is 345 g/mol. The highest BCUT2D eigenvalue weighted by Crippen LogP contribution is 2.27. The fourth-order valence-corrected chi connectivity index (χ4v) is 2.50. The van der Waals surface area contributed by atoms with Gasteiger partial charge in [-0.15, -0.1) is 0 Å². The maximum Gasteiger partial charge on any atom is 0.266 e. The summed E-state index contributed by atoms with van der Waals surface area (Å²) in [5.41, 5.74) is 1.81. The van der Waals surface area contributed by atoms with E-state index < -0.39 is 5.91 Å². The number of hydrogen-bond donors (Lipinski definition) is 2. The molecule has 6 heteroatoms. The van der Waals surface area contributed by atoms with Crippen LogP contribution in [0.25, 0.3) is 17.0 Å². The van der Waals surface area contributed by atoms with Crippen LogP contribution in [0.4, 0.5) is 5.69 Å². The Kier molecular flexibility index (Phi) is 4.81. The molecule has 128 valence electrons. The van der Waals surface area contributed by atoms with Gasteiger partial charge in [-0.05, 0) is 48.0 Å². The summed E-state index contributed by atoms with van der Waals surface area (Å²) < 4.78 is 5.04. The first-order chi connectivity index (χ1) is 12.6. The summed E-state index contributed by atoms with van der Waals surface area (Å²) in [4.78, 5) is 16.8. The number of phenols is 1. The largest absolute Gasteiger partial charge is 0.504 e. The average molecular weight is 345 g/mol. The van der Waals surface area contributed by atoms with Gasteiger partial charge in [0.1, 0.15) is 11.6 Å². The second-order valence-electron chi connectivity index (χ2n) is 5.43. The Morgan fingerprint density at radius 3 is 2.88 bits per heavy atom. The van der Waals surface area contributed by atoms with Crippen molar-refractivity contribution < 1.29 is 14.6 Å². The predicted octanol–water partition coefficient (Wildman–Crippen LogP) is 3.49. The van der Waals surface area contributed by atoms with E-state index in [1.54, 1.807) is 36.5 Å². The molecule has 26 heavy (non-hydrogen) atoms. The molecule has 3 aromatic rings. The van der Waals surface area contributed by atoms with Crippen LogP contribution in [-0.2, 0) is 4.79 Å². The Labute approximate surface area is 150 Å². The number of nitriles is 1. The molecule has 2 aromatic carbocycles. The Balaban J connectivity index is 1.91. The maximum atomic E-state index is 12.5. The fourth-order valence-electron chi connectivity index (χ4n) is 2.50. The Morgan fingerprint density at radius 1 is 1.27 bits per heavy atom. The molecule has 0 unspecified atom stereocenters. The molecule has 6 nitrogen and oxygen atoms in total. The third-order valence-corrected chi connectivity index (χ3v) is 3.77. The summed E-state index contributed by atoms with van der Waals surface area (Å²) in [5.74, 6) is -0.289. The molecule has 0 spiro atoms. The van der Waals surface area contributed by atoms with Crippen LogP contribution in [0.3, 0.4) is 0 Å². The standard InChI is InChI=1S/C20H15N3O3/c1-26-19-11-13(7-8-18(19)24)10-14(12-21)20(25)23-17-6-2-5-16-15(17)4-3-9-22-16/h2-11,24H,1H3,(H,23,25). The molecule has 3 rings (SSSR count). The molecule has 0 bridgehead atoms. The van der Waals surface area contributed by atoms with E-state index in [2.05, 4.69) is 10.3 Å². The number of hydrogen-bond acceptors (Lipinski definition) is 5. The molecule has 0 fully saturated rings. The van der Waals surface area contributed by atoms with Crippen molar-refractivity contribution in [3.05, 3.63) is 65.9 Å². The molecule has 1 amide bonds.